The van der Waals surface area contributed by atoms with Crippen LogP contribution in [0.1, 0.15) is 25.3 Å². The lowest BCUT2D eigenvalue weighted by Gasteiger charge is -2.36. The van der Waals surface area contributed by atoms with Crippen LogP contribution in [0.5, 0.6) is 5.75 Å². The van der Waals surface area contributed by atoms with Crippen molar-refractivity contribution in [1.29, 1.82) is 0 Å². The van der Waals surface area contributed by atoms with Crippen molar-refractivity contribution in [1.82, 2.24) is 4.90 Å². The molecule has 1 amide bonds. The van der Waals surface area contributed by atoms with Gasteiger partial charge in [-0.2, -0.15) is 0 Å². The smallest absolute Gasteiger partial charge is 0.229 e. The number of hydrogen-bond acceptors (Lipinski definition) is 3. The zero-order valence-electron chi connectivity index (χ0n) is 13.3. The van der Waals surface area contributed by atoms with E-state index >= 15 is 0 Å². The van der Waals surface area contributed by atoms with Gasteiger partial charge in [-0.15, -0.1) is 12.4 Å². The number of fused-ring (bicyclic) bond motifs is 1. The summed E-state index contributed by atoms with van der Waals surface area (Å²) in [6.45, 7) is 4.13. The second-order valence-electron chi connectivity index (χ2n) is 6.49. The van der Waals surface area contributed by atoms with Crippen molar-refractivity contribution in [3.8, 4) is 5.75 Å². The quantitative estimate of drug-likeness (QED) is 0.884. The summed E-state index contributed by atoms with van der Waals surface area (Å²) in [6.07, 6.45) is 2.71. The van der Waals surface area contributed by atoms with Gasteiger partial charge in [0.1, 0.15) is 12.4 Å². The molecule has 0 spiro atoms. The molecule has 1 saturated heterocycles. The van der Waals surface area contributed by atoms with Gasteiger partial charge < -0.3 is 15.4 Å². The monoisotopic (exact) mass is 358 g/mol. The molecule has 6 heteroatoms. The SMILES string of the molecule is CC(N)C1CCN(C(=O)C2COc3ccc(Cl)cc3C2)CC1.Cl. The van der Waals surface area contributed by atoms with Crippen LogP contribution in [-0.4, -0.2) is 36.5 Å². The zero-order valence-corrected chi connectivity index (χ0v) is 14.9. The first-order valence-electron chi connectivity index (χ1n) is 8.00. The second kappa shape index (κ2) is 7.73. The molecule has 23 heavy (non-hydrogen) atoms. The van der Waals surface area contributed by atoms with E-state index in [1.165, 1.54) is 0 Å². The third-order valence-electron chi connectivity index (χ3n) is 4.87. The maximum Gasteiger partial charge on any atom is 0.229 e. The summed E-state index contributed by atoms with van der Waals surface area (Å²) in [5.74, 6) is 1.49. The van der Waals surface area contributed by atoms with Gasteiger partial charge in [-0.05, 0) is 55.9 Å². The molecule has 0 bridgehead atoms. The zero-order chi connectivity index (χ0) is 15.7. The van der Waals surface area contributed by atoms with E-state index in [1.807, 2.05) is 23.1 Å². The van der Waals surface area contributed by atoms with Crippen LogP contribution in [0.3, 0.4) is 0 Å². The van der Waals surface area contributed by atoms with Crippen LogP contribution < -0.4 is 10.5 Å². The maximum absolute atomic E-state index is 12.7. The van der Waals surface area contributed by atoms with Crippen LogP contribution in [0.15, 0.2) is 18.2 Å². The minimum Gasteiger partial charge on any atom is -0.492 e. The molecule has 4 nitrogen and oxygen atoms in total. The Hall–Kier alpha value is -0.970. The highest BCUT2D eigenvalue weighted by Gasteiger charge is 2.32. The van der Waals surface area contributed by atoms with E-state index in [0.29, 0.717) is 24.0 Å². The summed E-state index contributed by atoms with van der Waals surface area (Å²) in [6, 6.07) is 5.82. The first-order chi connectivity index (χ1) is 10.5. The number of carbonyl (C=O) groups is 1. The van der Waals surface area contributed by atoms with Crippen LogP contribution in [0.2, 0.25) is 5.02 Å². The second-order valence-corrected chi connectivity index (χ2v) is 6.92. The fourth-order valence-corrected chi connectivity index (χ4v) is 3.62. The van der Waals surface area contributed by atoms with Crippen LogP contribution in [0.25, 0.3) is 0 Å². The number of likely N-dealkylation sites (tertiary alicyclic amines) is 1. The van der Waals surface area contributed by atoms with Crippen molar-refractivity contribution in [3.05, 3.63) is 28.8 Å². The van der Waals surface area contributed by atoms with Crippen LogP contribution >= 0.6 is 24.0 Å². The summed E-state index contributed by atoms with van der Waals surface area (Å²) in [4.78, 5) is 14.7. The van der Waals surface area contributed by atoms with Gasteiger partial charge >= 0.3 is 0 Å². The van der Waals surface area contributed by atoms with Crippen molar-refractivity contribution in [2.45, 2.75) is 32.2 Å². The molecule has 2 heterocycles. The van der Waals surface area contributed by atoms with Gasteiger partial charge in [0.15, 0.2) is 0 Å². The molecule has 0 radical (unpaired) electrons. The predicted molar refractivity (Wildman–Crippen MR) is 94.3 cm³/mol. The lowest BCUT2D eigenvalue weighted by atomic mass is 9.89. The van der Waals surface area contributed by atoms with E-state index in [0.717, 1.165) is 37.2 Å². The maximum atomic E-state index is 12.7. The van der Waals surface area contributed by atoms with Crippen molar-refractivity contribution in [2.75, 3.05) is 19.7 Å². The summed E-state index contributed by atoms with van der Waals surface area (Å²) >= 11 is 6.04. The largest absolute Gasteiger partial charge is 0.492 e. The molecular weight excluding hydrogens is 335 g/mol. The molecule has 2 N–H and O–H groups in total. The summed E-state index contributed by atoms with van der Waals surface area (Å²) in [5.41, 5.74) is 6.99. The Morgan fingerprint density at radius 2 is 2.09 bits per heavy atom. The third kappa shape index (κ3) is 4.11. The van der Waals surface area contributed by atoms with Crippen LogP contribution in [-0.2, 0) is 11.2 Å². The van der Waals surface area contributed by atoms with E-state index < -0.39 is 0 Å². The Labute approximate surface area is 148 Å². The number of benzene rings is 1. The van der Waals surface area contributed by atoms with Gasteiger partial charge in [0.25, 0.3) is 0 Å². The molecule has 2 atom stereocenters. The van der Waals surface area contributed by atoms with Gasteiger partial charge in [0.2, 0.25) is 5.91 Å². The first-order valence-corrected chi connectivity index (χ1v) is 8.38. The Bertz CT molecular complexity index is 558. The van der Waals surface area contributed by atoms with E-state index in [4.69, 9.17) is 22.1 Å². The molecule has 2 unspecified atom stereocenters. The Kier molecular flexibility index (Phi) is 6.18. The van der Waals surface area contributed by atoms with Crippen LogP contribution in [0.4, 0.5) is 0 Å². The highest BCUT2D eigenvalue weighted by Crippen LogP contribution is 2.31. The van der Waals surface area contributed by atoms with E-state index in [-0.39, 0.29) is 30.3 Å². The topological polar surface area (TPSA) is 55.6 Å². The summed E-state index contributed by atoms with van der Waals surface area (Å²) in [5, 5.41) is 0.688. The van der Waals surface area contributed by atoms with Crippen molar-refractivity contribution >= 4 is 29.9 Å². The molecule has 3 rings (SSSR count). The number of ether oxygens (including phenoxy) is 1. The van der Waals surface area contributed by atoms with Crippen molar-refractivity contribution in [2.24, 2.45) is 17.6 Å². The Morgan fingerprint density at radius 1 is 1.39 bits per heavy atom. The minimum atomic E-state index is -0.0992. The number of halogens is 2. The fraction of sp³-hybridized carbons (Fsp3) is 0.588. The Morgan fingerprint density at radius 3 is 2.74 bits per heavy atom. The molecule has 1 aromatic rings. The third-order valence-corrected chi connectivity index (χ3v) is 5.11. The first kappa shape index (κ1) is 18.4. The number of nitrogens with two attached hydrogens (primary N) is 1. The number of hydrogen-bond donors (Lipinski definition) is 1. The number of amides is 1. The molecule has 2 aliphatic heterocycles. The van der Waals surface area contributed by atoms with Gasteiger partial charge in [0.05, 0.1) is 5.92 Å². The number of nitrogens with zero attached hydrogens (tertiary/aromatic N) is 1. The number of rotatable bonds is 2. The van der Waals surface area contributed by atoms with E-state index in [1.54, 1.807) is 0 Å². The molecule has 1 aromatic carbocycles. The average molecular weight is 359 g/mol. The molecule has 0 aliphatic carbocycles. The molecule has 2 aliphatic rings. The fourth-order valence-electron chi connectivity index (χ4n) is 3.43. The van der Waals surface area contributed by atoms with Gasteiger partial charge in [0, 0.05) is 24.2 Å². The summed E-state index contributed by atoms with van der Waals surface area (Å²) in [7, 11) is 0. The molecule has 0 saturated carbocycles. The Balaban J connectivity index is 0.00000192. The highest BCUT2D eigenvalue weighted by atomic mass is 35.5. The van der Waals surface area contributed by atoms with Gasteiger partial charge in [-0.1, -0.05) is 11.6 Å². The average Bonchev–Trinajstić information content (AvgIpc) is 2.53. The van der Waals surface area contributed by atoms with Gasteiger partial charge in [-0.3, -0.25) is 4.79 Å². The normalized spacial score (nSPS) is 22.6. The minimum absolute atomic E-state index is 0. The number of piperidine rings is 1. The lowest BCUT2D eigenvalue weighted by Crippen LogP contribution is -2.46. The molecule has 0 aromatic heterocycles. The number of carbonyl (C=O) groups excluding carboxylic acids is 1. The molecular formula is C17H24Cl2N2O2. The molecule has 1 fully saturated rings. The van der Waals surface area contributed by atoms with E-state index in [2.05, 4.69) is 6.92 Å². The van der Waals surface area contributed by atoms with E-state index in [9.17, 15) is 4.79 Å². The lowest BCUT2D eigenvalue weighted by molar-refractivity contribution is -0.138. The van der Waals surface area contributed by atoms with Crippen molar-refractivity contribution in [3.63, 3.8) is 0 Å². The standard InChI is InChI=1S/C17H23ClN2O2.ClH/c1-11(19)12-4-6-20(7-5-12)17(21)14-8-13-9-15(18)2-3-16(13)22-10-14;/h2-3,9,11-12,14H,4-8,10,19H2,1H3;1H. The summed E-state index contributed by atoms with van der Waals surface area (Å²) < 4.78 is 5.74. The van der Waals surface area contributed by atoms with Crippen LogP contribution in [0, 0.1) is 11.8 Å². The molecule has 128 valence electrons. The van der Waals surface area contributed by atoms with Crippen molar-refractivity contribution < 1.29 is 9.53 Å². The highest BCUT2D eigenvalue weighted by molar-refractivity contribution is 6.30. The van der Waals surface area contributed by atoms with Gasteiger partial charge in [-0.25, -0.2) is 0 Å². The predicted octanol–water partition coefficient (Wildman–Crippen LogP) is 2.90.